The van der Waals surface area contributed by atoms with Gasteiger partial charge in [0, 0.05) is 21.8 Å². The molecule has 0 aliphatic carbocycles. The molecule has 0 fully saturated rings. The number of hydrogen-bond donors (Lipinski definition) is 1. The molecule has 4 heteroatoms. The average Bonchev–Trinajstić information content (AvgIpc) is 2.83. The van der Waals surface area contributed by atoms with Crippen LogP contribution in [0.3, 0.4) is 0 Å². The molecule has 1 heterocycles. The van der Waals surface area contributed by atoms with Crippen LogP contribution in [0, 0.1) is 5.92 Å². The average molecular weight is 431 g/mol. The summed E-state index contributed by atoms with van der Waals surface area (Å²) in [6.07, 6.45) is 1.07. The molecule has 0 spiro atoms. The van der Waals surface area contributed by atoms with Crippen molar-refractivity contribution in [1.82, 2.24) is 5.32 Å². The van der Waals surface area contributed by atoms with Gasteiger partial charge < -0.3 is 5.32 Å². The van der Waals surface area contributed by atoms with Gasteiger partial charge in [-0.05, 0) is 58.6 Å². The van der Waals surface area contributed by atoms with Crippen molar-refractivity contribution in [3.8, 4) is 0 Å². The fraction of sp³-hybridized carbons (Fsp3) is 0.412. The lowest BCUT2D eigenvalue weighted by atomic mass is 9.94. The third kappa shape index (κ3) is 5.51. The first-order chi connectivity index (χ1) is 10.1. The van der Waals surface area contributed by atoms with Crippen LogP contribution in [0.25, 0.3) is 0 Å². The highest BCUT2D eigenvalue weighted by molar-refractivity contribution is 9.11. The molecule has 21 heavy (non-hydrogen) atoms. The summed E-state index contributed by atoms with van der Waals surface area (Å²) in [5.74, 6) is 1.17. The van der Waals surface area contributed by atoms with Crippen LogP contribution in [0.15, 0.2) is 44.7 Å². The summed E-state index contributed by atoms with van der Waals surface area (Å²) in [4.78, 5) is 1.42. The van der Waals surface area contributed by atoms with E-state index in [-0.39, 0.29) is 0 Å². The Morgan fingerprint density at radius 2 is 1.81 bits per heavy atom. The lowest BCUT2D eigenvalue weighted by Crippen LogP contribution is -2.26. The normalized spacial score (nSPS) is 12.8. The van der Waals surface area contributed by atoms with Gasteiger partial charge in [-0.1, -0.05) is 48.0 Å². The molecule has 0 saturated heterocycles. The quantitative estimate of drug-likeness (QED) is 0.581. The summed E-state index contributed by atoms with van der Waals surface area (Å²) >= 11 is 9.09. The zero-order chi connectivity index (χ0) is 15.2. The number of nitrogens with one attached hydrogen (secondary N) is 1. The summed E-state index contributed by atoms with van der Waals surface area (Å²) in [6, 6.07) is 12.9. The van der Waals surface area contributed by atoms with E-state index in [9.17, 15) is 0 Å². The molecule has 1 nitrogen and oxygen atoms in total. The van der Waals surface area contributed by atoms with Gasteiger partial charge in [0.15, 0.2) is 0 Å². The van der Waals surface area contributed by atoms with Crippen LogP contribution in [-0.2, 0) is 6.42 Å². The molecule has 1 aromatic heterocycles. The van der Waals surface area contributed by atoms with Crippen molar-refractivity contribution in [3.05, 3.63) is 55.1 Å². The van der Waals surface area contributed by atoms with Crippen molar-refractivity contribution in [3.63, 3.8) is 0 Å². The Bertz CT molecular complexity index is 565. The Balaban J connectivity index is 2.12. The second-order valence-electron chi connectivity index (χ2n) is 5.68. The Labute approximate surface area is 148 Å². The molecule has 0 aliphatic heterocycles. The van der Waals surface area contributed by atoms with Crippen molar-refractivity contribution < 1.29 is 0 Å². The molecular weight excluding hydrogens is 410 g/mol. The first-order valence-electron chi connectivity index (χ1n) is 7.25. The maximum absolute atomic E-state index is 3.70. The van der Waals surface area contributed by atoms with E-state index in [0.717, 1.165) is 19.5 Å². The van der Waals surface area contributed by atoms with Crippen molar-refractivity contribution in [2.24, 2.45) is 5.92 Å². The van der Waals surface area contributed by atoms with Crippen molar-refractivity contribution >= 4 is 43.2 Å². The molecule has 0 radical (unpaired) electrons. The summed E-state index contributed by atoms with van der Waals surface area (Å²) in [5, 5.41) is 3.61. The smallest absolute Gasteiger partial charge is 0.0701 e. The minimum atomic E-state index is 0.491. The van der Waals surface area contributed by atoms with Crippen LogP contribution in [0.4, 0.5) is 0 Å². The van der Waals surface area contributed by atoms with E-state index in [1.807, 2.05) is 11.3 Å². The molecule has 1 atom stereocenters. The van der Waals surface area contributed by atoms with E-state index in [2.05, 4.69) is 87.4 Å². The van der Waals surface area contributed by atoms with E-state index in [0.29, 0.717) is 11.8 Å². The number of benzene rings is 1. The molecule has 2 aromatic rings. The van der Waals surface area contributed by atoms with E-state index < -0.39 is 0 Å². The second-order valence-corrected chi connectivity index (χ2v) is 9.08. The Morgan fingerprint density at radius 3 is 2.43 bits per heavy atom. The van der Waals surface area contributed by atoms with Crippen LogP contribution in [0.1, 0.15) is 30.2 Å². The van der Waals surface area contributed by atoms with Gasteiger partial charge in [-0.2, -0.15) is 0 Å². The fourth-order valence-corrected chi connectivity index (χ4v) is 4.52. The van der Waals surface area contributed by atoms with Gasteiger partial charge in [-0.25, -0.2) is 0 Å². The third-order valence-electron chi connectivity index (χ3n) is 3.36. The highest BCUT2D eigenvalue weighted by Gasteiger charge is 2.16. The van der Waals surface area contributed by atoms with Gasteiger partial charge >= 0.3 is 0 Å². The zero-order valence-corrected chi connectivity index (χ0v) is 16.4. The molecule has 0 amide bonds. The number of hydrogen-bond acceptors (Lipinski definition) is 2. The van der Waals surface area contributed by atoms with Crippen LogP contribution in [-0.4, -0.2) is 13.1 Å². The predicted octanol–water partition coefficient (Wildman–Crippen LogP) is 5.85. The Morgan fingerprint density at radius 1 is 1.05 bits per heavy atom. The summed E-state index contributed by atoms with van der Waals surface area (Å²) in [5.41, 5.74) is 1.39. The van der Waals surface area contributed by atoms with Crippen LogP contribution in [0.2, 0.25) is 0 Å². The molecule has 114 valence electrons. The molecule has 2 rings (SSSR count). The fourth-order valence-electron chi connectivity index (χ4n) is 2.35. The number of halogens is 2. The van der Waals surface area contributed by atoms with E-state index in [1.165, 1.54) is 18.7 Å². The number of thiophene rings is 1. The highest BCUT2D eigenvalue weighted by Crippen LogP contribution is 2.31. The molecule has 0 saturated carbocycles. The minimum absolute atomic E-state index is 0.491. The maximum Gasteiger partial charge on any atom is 0.0701 e. The molecule has 1 unspecified atom stereocenters. The first-order valence-corrected chi connectivity index (χ1v) is 9.66. The summed E-state index contributed by atoms with van der Waals surface area (Å²) in [6.45, 7) is 6.57. The van der Waals surface area contributed by atoms with Crippen molar-refractivity contribution in [1.29, 1.82) is 0 Å². The molecular formula is C17H21Br2NS. The zero-order valence-electron chi connectivity index (χ0n) is 12.4. The van der Waals surface area contributed by atoms with Gasteiger partial charge in [0.05, 0.1) is 3.79 Å². The van der Waals surface area contributed by atoms with E-state index in [4.69, 9.17) is 0 Å². The SMILES string of the molecule is CC(C)CNCC(Cc1ccc(Br)s1)c1ccccc1Br. The summed E-state index contributed by atoms with van der Waals surface area (Å²) in [7, 11) is 0. The largest absolute Gasteiger partial charge is 0.316 e. The Kier molecular flexibility index (Phi) is 6.93. The number of rotatable bonds is 7. The van der Waals surface area contributed by atoms with Crippen LogP contribution in [0.5, 0.6) is 0 Å². The third-order valence-corrected chi connectivity index (χ3v) is 5.73. The minimum Gasteiger partial charge on any atom is -0.316 e. The van der Waals surface area contributed by atoms with Gasteiger partial charge in [0.25, 0.3) is 0 Å². The van der Waals surface area contributed by atoms with Gasteiger partial charge in [0.2, 0.25) is 0 Å². The van der Waals surface area contributed by atoms with Crippen molar-refractivity contribution in [2.45, 2.75) is 26.2 Å². The topological polar surface area (TPSA) is 12.0 Å². The molecule has 0 bridgehead atoms. The molecule has 1 N–H and O–H groups in total. The Hall–Kier alpha value is -0.160. The lowest BCUT2D eigenvalue weighted by molar-refractivity contribution is 0.514. The summed E-state index contributed by atoms with van der Waals surface area (Å²) < 4.78 is 2.41. The van der Waals surface area contributed by atoms with Crippen LogP contribution < -0.4 is 5.32 Å². The van der Waals surface area contributed by atoms with Gasteiger partial charge in [-0.15, -0.1) is 11.3 Å². The first kappa shape index (κ1) is 17.2. The predicted molar refractivity (Wildman–Crippen MR) is 100 cm³/mol. The van der Waals surface area contributed by atoms with Crippen molar-refractivity contribution in [2.75, 3.05) is 13.1 Å². The van der Waals surface area contributed by atoms with Gasteiger partial charge in [-0.3, -0.25) is 0 Å². The maximum atomic E-state index is 3.70. The monoisotopic (exact) mass is 429 g/mol. The standard InChI is InChI=1S/C17H21Br2NS/c1-12(2)10-20-11-13(9-14-7-8-17(19)21-14)15-5-3-4-6-16(15)18/h3-8,12-13,20H,9-11H2,1-2H3. The molecule has 1 aromatic carbocycles. The highest BCUT2D eigenvalue weighted by atomic mass is 79.9. The lowest BCUT2D eigenvalue weighted by Gasteiger charge is -2.20. The van der Waals surface area contributed by atoms with Crippen LogP contribution >= 0.6 is 43.2 Å². The van der Waals surface area contributed by atoms with E-state index in [1.54, 1.807) is 0 Å². The molecule has 0 aliphatic rings. The van der Waals surface area contributed by atoms with Gasteiger partial charge in [0.1, 0.15) is 0 Å². The van der Waals surface area contributed by atoms with E-state index >= 15 is 0 Å². The second kappa shape index (κ2) is 8.47.